The average molecular weight is 293 g/mol. The molecule has 1 aromatic heterocycles. The van der Waals surface area contributed by atoms with Crippen LogP contribution in [0.25, 0.3) is 0 Å². The molecular weight excluding hydrogens is 287 g/mol. The van der Waals surface area contributed by atoms with Crippen LogP contribution in [0.15, 0.2) is 30.3 Å². The fourth-order valence-corrected chi connectivity index (χ4v) is 1.62. The third-order valence-corrected chi connectivity index (χ3v) is 2.49. The molecule has 0 atom stereocenters. The van der Waals surface area contributed by atoms with Gasteiger partial charge in [0.1, 0.15) is 5.15 Å². The van der Waals surface area contributed by atoms with Crippen LogP contribution in [0.5, 0.6) is 11.6 Å². The first-order chi connectivity index (χ1) is 9.49. The van der Waals surface area contributed by atoms with Crippen molar-refractivity contribution >= 4 is 17.6 Å². The Bertz CT molecular complexity index is 728. The molecule has 0 saturated carbocycles. The summed E-state index contributed by atoms with van der Waals surface area (Å²) in [6, 6.07) is 7.65. The van der Waals surface area contributed by atoms with Crippen molar-refractivity contribution in [3.05, 3.63) is 52.4 Å². The van der Waals surface area contributed by atoms with Crippen LogP contribution in [0.3, 0.4) is 0 Å². The van der Waals surface area contributed by atoms with Crippen molar-refractivity contribution in [2.45, 2.75) is 0 Å². The number of ether oxygens (including phenoxy) is 1. The zero-order valence-electron chi connectivity index (χ0n) is 9.80. The van der Waals surface area contributed by atoms with E-state index < -0.39 is 11.8 Å². The van der Waals surface area contributed by atoms with Crippen LogP contribution in [-0.4, -0.2) is 16.1 Å². The molecule has 0 amide bonds. The Morgan fingerprint density at radius 3 is 2.75 bits per heavy atom. The van der Waals surface area contributed by atoms with E-state index in [-0.39, 0.29) is 27.9 Å². The lowest BCUT2D eigenvalue weighted by molar-refractivity contribution is 0.0696. The van der Waals surface area contributed by atoms with Gasteiger partial charge in [0, 0.05) is 6.07 Å². The van der Waals surface area contributed by atoms with Crippen LogP contribution in [0.4, 0.5) is 4.39 Å². The molecule has 0 aliphatic rings. The van der Waals surface area contributed by atoms with Crippen LogP contribution in [-0.2, 0) is 0 Å². The molecule has 1 aromatic carbocycles. The zero-order chi connectivity index (χ0) is 14.7. The first kappa shape index (κ1) is 13.8. The number of halogens is 2. The normalized spacial score (nSPS) is 9.85. The summed E-state index contributed by atoms with van der Waals surface area (Å²) in [5, 5.41) is 17.4. The minimum Gasteiger partial charge on any atom is -0.478 e. The number of carbonyl (C=O) groups is 1. The number of carboxylic acid groups (broad SMARTS) is 1. The molecule has 0 aliphatic carbocycles. The molecule has 2 aromatic rings. The van der Waals surface area contributed by atoms with Gasteiger partial charge in [0.25, 0.3) is 0 Å². The highest BCUT2D eigenvalue weighted by molar-refractivity contribution is 6.29. The molecule has 100 valence electrons. The molecule has 7 heteroatoms. The molecule has 5 nitrogen and oxygen atoms in total. The van der Waals surface area contributed by atoms with Crippen molar-refractivity contribution in [2.24, 2.45) is 0 Å². The number of aromatic carboxylic acids is 1. The summed E-state index contributed by atoms with van der Waals surface area (Å²) in [4.78, 5) is 14.6. The molecule has 0 unspecified atom stereocenters. The highest BCUT2D eigenvalue weighted by atomic mass is 35.5. The van der Waals surface area contributed by atoms with Crippen molar-refractivity contribution in [2.75, 3.05) is 0 Å². The van der Waals surface area contributed by atoms with Gasteiger partial charge in [0.2, 0.25) is 5.88 Å². The van der Waals surface area contributed by atoms with E-state index in [1.165, 1.54) is 12.1 Å². The number of benzene rings is 1. The molecule has 1 N–H and O–H groups in total. The minimum absolute atomic E-state index is 0.0889. The van der Waals surface area contributed by atoms with Gasteiger partial charge in [-0.3, -0.25) is 0 Å². The van der Waals surface area contributed by atoms with Gasteiger partial charge in [-0.15, -0.1) is 0 Å². The number of hydrogen-bond donors (Lipinski definition) is 1. The second-order valence-electron chi connectivity index (χ2n) is 3.68. The summed E-state index contributed by atoms with van der Waals surface area (Å²) in [5.74, 6) is -2.31. The lowest BCUT2D eigenvalue weighted by Crippen LogP contribution is -1.99. The van der Waals surface area contributed by atoms with Crippen LogP contribution in [0, 0.1) is 17.1 Å². The topological polar surface area (TPSA) is 83.2 Å². The Labute approximate surface area is 117 Å². The van der Waals surface area contributed by atoms with Crippen LogP contribution >= 0.6 is 11.6 Å². The Hall–Kier alpha value is -2.65. The van der Waals surface area contributed by atoms with E-state index in [1.54, 1.807) is 6.07 Å². The van der Waals surface area contributed by atoms with Gasteiger partial charge >= 0.3 is 5.97 Å². The summed E-state index contributed by atoms with van der Waals surface area (Å²) in [7, 11) is 0. The molecule has 2 rings (SSSR count). The van der Waals surface area contributed by atoms with E-state index in [9.17, 15) is 9.18 Å². The minimum atomic E-state index is -1.21. The predicted octanol–water partition coefficient (Wildman–Crippen LogP) is 3.24. The van der Waals surface area contributed by atoms with E-state index in [4.69, 9.17) is 26.7 Å². The molecular formula is C13H6ClFN2O3. The van der Waals surface area contributed by atoms with Gasteiger partial charge in [-0.05, 0) is 24.3 Å². The van der Waals surface area contributed by atoms with E-state index >= 15 is 0 Å². The highest BCUT2D eigenvalue weighted by Gasteiger charge is 2.11. The van der Waals surface area contributed by atoms with Crippen molar-refractivity contribution in [3.63, 3.8) is 0 Å². The van der Waals surface area contributed by atoms with Crippen molar-refractivity contribution in [1.82, 2.24) is 4.98 Å². The van der Waals surface area contributed by atoms with Crippen molar-refractivity contribution in [3.8, 4) is 17.7 Å². The molecule has 0 spiro atoms. The Morgan fingerprint density at radius 2 is 2.15 bits per heavy atom. The third-order valence-electron chi connectivity index (χ3n) is 2.29. The smallest absolute Gasteiger partial charge is 0.335 e. The summed E-state index contributed by atoms with van der Waals surface area (Å²) in [5.41, 5.74) is 0.00850. The lowest BCUT2D eigenvalue weighted by atomic mass is 10.2. The number of pyridine rings is 1. The number of aromatic nitrogens is 1. The Kier molecular flexibility index (Phi) is 3.82. The van der Waals surface area contributed by atoms with Gasteiger partial charge in [0.05, 0.1) is 17.2 Å². The zero-order valence-corrected chi connectivity index (χ0v) is 10.6. The Balaban J connectivity index is 2.35. The van der Waals surface area contributed by atoms with Crippen molar-refractivity contribution in [1.29, 1.82) is 5.26 Å². The monoisotopic (exact) mass is 292 g/mol. The molecule has 0 fully saturated rings. The van der Waals surface area contributed by atoms with Crippen LogP contribution < -0.4 is 4.74 Å². The predicted molar refractivity (Wildman–Crippen MR) is 67.4 cm³/mol. The maximum Gasteiger partial charge on any atom is 0.335 e. The third kappa shape index (κ3) is 3.02. The van der Waals surface area contributed by atoms with Gasteiger partial charge in [-0.25, -0.2) is 14.2 Å². The molecule has 0 aliphatic heterocycles. The van der Waals surface area contributed by atoms with E-state index in [2.05, 4.69) is 4.98 Å². The second kappa shape index (κ2) is 5.55. The summed E-state index contributed by atoms with van der Waals surface area (Å²) in [6.07, 6.45) is 0. The maximum absolute atomic E-state index is 13.6. The molecule has 1 heterocycles. The van der Waals surface area contributed by atoms with E-state index in [1.807, 2.05) is 0 Å². The van der Waals surface area contributed by atoms with Crippen LogP contribution in [0.2, 0.25) is 5.15 Å². The average Bonchev–Trinajstić information content (AvgIpc) is 2.40. The molecule has 20 heavy (non-hydrogen) atoms. The molecule has 0 bridgehead atoms. The van der Waals surface area contributed by atoms with Gasteiger partial charge < -0.3 is 9.84 Å². The first-order valence-electron chi connectivity index (χ1n) is 5.28. The molecule has 0 radical (unpaired) electrons. The number of carboxylic acids is 1. The standard InChI is InChI=1S/C13H6ClFN2O3/c14-11-4-8(13(18)19)5-12(17-11)20-10-2-1-7(6-16)3-9(10)15/h1-5H,(H,18,19). The number of nitriles is 1. The quantitative estimate of drug-likeness (QED) is 0.878. The second-order valence-corrected chi connectivity index (χ2v) is 4.07. The van der Waals surface area contributed by atoms with E-state index in [0.29, 0.717) is 0 Å². The van der Waals surface area contributed by atoms with Gasteiger partial charge in [-0.2, -0.15) is 5.26 Å². The lowest BCUT2D eigenvalue weighted by Gasteiger charge is -2.07. The van der Waals surface area contributed by atoms with Gasteiger partial charge in [-0.1, -0.05) is 11.6 Å². The number of rotatable bonds is 3. The Morgan fingerprint density at radius 1 is 1.40 bits per heavy atom. The fourth-order valence-electron chi connectivity index (χ4n) is 1.41. The highest BCUT2D eigenvalue weighted by Crippen LogP contribution is 2.25. The molecule has 0 saturated heterocycles. The fraction of sp³-hybridized carbons (Fsp3) is 0. The largest absolute Gasteiger partial charge is 0.478 e. The number of hydrogen-bond acceptors (Lipinski definition) is 4. The van der Waals surface area contributed by atoms with Gasteiger partial charge in [0.15, 0.2) is 11.6 Å². The summed E-state index contributed by atoms with van der Waals surface area (Å²) >= 11 is 5.66. The SMILES string of the molecule is N#Cc1ccc(Oc2cc(C(=O)O)cc(Cl)n2)c(F)c1. The van der Waals surface area contributed by atoms with E-state index in [0.717, 1.165) is 18.2 Å². The van der Waals surface area contributed by atoms with Crippen molar-refractivity contribution < 1.29 is 19.0 Å². The summed E-state index contributed by atoms with van der Waals surface area (Å²) in [6.45, 7) is 0. The summed E-state index contributed by atoms with van der Waals surface area (Å²) < 4.78 is 18.8. The maximum atomic E-state index is 13.6. The van der Waals surface area contributed by atoms with Crippen LogP contribution in [0.1, 0.15) is 15.9 Å². The number of nitrogens with zero attached hydrogens (tertiary/aromatic N) is 2. The first-order valence-corrected chi connectivity index (χ1v) is 5.66.